The van der Waals surface area contributed by atoms with Crippen LogP contribution in [0.2, 0.25) is 0 Å². The van der Waals surface area contributed by atoms with Crippen LogP contribution in [0.1, 0.15) is 155 Å². The maximum atomic E-state index is 12.5. The highest BCUT2D eigenvalue weighted by Crippen LogP contribution is 2.37. The molecular formula is C39H71O10P. The molecule has 6 atom stereocenters. The van der Waals surface area contributed by atoms with Gasteiger partial charge >= 0.3 is 13.8 Å². The summed E-state index contributed by atoms with van der Waals surface area (Å²) >= 11 is 0. The van der Waals surface area contributed by atoms with E-state index in [1.54, 1.807) is 6.08 Å². The van der Waals surface area contributed by atoms with E-state index in [1.165, 1.54) is 76.9 Å². The van der Waals surface area contributed by atoms with Gasteiger partial charge in [-0.05, 0) is 50.5 Å². The number of hydrogen-bond donors (Lipinski definition) is 5. The van der Waals surface area contributed by atoms with Crippen LogP contribution in [0.4, 0.5) is 0 Å². The Labute approximate surface area is 303 Å². The molecule has 50 heavy (non-hydrogen) atoms. The van der Waals surface area contributed by atoms with Gasteiger partial charge in [0.25, 0.3) is 0 Å². The maximum Gasteiger partial charge on any atom is 0.469 e. The Kier molecular flexibility index (Phi) is 27.9. The Morgan fingerprint density at radius 1 is 0.780 bits per heavy atom. The average Bonchev–Trinajstić information content (AvgIpc) is 3.34. The summed E-state index contributed by atoms with van der Waals surface area (Å²) in [5.41, 5.74) is 0. The number of rotatable bonds is 32. The molecule has 1 fully saturated rings. The zero-order valence-corrected chi connectivity index (χ0v) is 32.0. The molecule has 0 heterocycles. The molecule has 0 spiro atoms. The van der Waals surface area contributed by atoms with Gasteiger partial charge in [-0.15, -0.1) is 0 Å². The fourth-order valence-corrected chi connectivity index (χ4v) is 6.70. The van der Waals surface area contributed by atoms with Crippen LogP contribution >= 0.6 is 7.82 Å². The monoisotopic (exact) mass is 730 g/mol. The average molecular weight is 731 g/mol. The molecule has 0 aromatic carbocycles. The summed E-state index contributed by atoms with van der Waals surface area (Å²) in [4.78, 5) is 30.7. The number of ether oxygens (including phenoxy) is 2. The molecule has 1 aliphatic carbocycles. The van der Waals surface area contributed by atoms with Crippen molar-refractivity contribution in [3.63, 3.8) is 0 Å². The van der Waals surface area contributed by atoms with Crippen LogP contribution in [0, 0.1) is 11.8 Å². The molecule has 1 rings (SSSR count). The first-order valence-electron chi connectivity index (χ1n) is 19.6. The SMILES string of the molecule is CCCCCCCCCCCCCC/C=C/OC[C@H](COP(=O)(O)O)OC(=O)CCC/C=C/C[C@@H]1[C@@H](/C=C/[C@@H](O)CCCCC)[C@H](O)C[C@@H]1O. The molecule has 11 heteroatoms. The molecule has 1 saturated carbocycles. The summed E-state index contributed by atoms with van der Waals surface area (Å²) in [6.07, 6.45) is 30.3. The molecule has 0 aliphatic heterocycles. The van der Waals surface area contributed by atoms with E-state index < -0.39 is 44.8 Å². The number of carbonyl (C=O) groups excluding carboxylic acids is 1. The number of esters is 1. The number of unbranched alkanes of at least 4 members (excludes halogenated alkanes) is 15. The van der Waals surface area contributed by atoms with Gasteiger partial charge in [0, 0.05) is 18.8 Å². The van der Waals surface area contributed by atoms with Crippen LogP contribution in [0.3, 0.4) is 0 Å². The number of hydrogen-bond acceptors (Lipinski definition) is 8. The molecule has 292 valence electrons. The van der Waals surface area contributed by atoms with E-state index in [-0.39, 0.29) is 24.9 Å². The van der Waals surface area contributed by atoms with Crippen molar-refractivity contribution in [2.75, 3.05) is 13.2 Å². The smallest absolute Gasteiger partial charge is 0.469 e. The van der Waals surface area contributed by atoms with Crippen molar-refractivity contribution >= 4 is 13.8 Å². The first kappa shape index (κ1) is 46.5. The van der Waals surface area contributed by atoms with Gasteiger partial charge in [0.05, 0.1) is 31.2 Å². The number of phosphoric ester groups is 1. The lowest BCUT2D eigenvalue weighted by atomic mass is 9.89. The highest BCUT2D eigenvalue weighted by atomic mass is 31.2. The second-order valence-electron chi connectivity index (χ2n) is 13.9. The largest absolute Gasteiger partial charge is 0.498 e. The minimum absolute atomic E-state index is 0.0818. The zero-order valence-electron chi connectivity index (χ0n) is 31.1. The zero-order chi connectivity index (χ0) is 36.9. The molecule has 1 aliphatic rings. The minimum atomic E-state index is -4.73. The third-order valence-corrected chi connectivity index (χ3v) is 9.81. The molecule has 0 aromatic rings. The van der Waals surface area contributed by atoms with Crippen LogP contribution in [-0.2, 0) is 23.4 Å². The Morgan fingerprint density at radius 2 is 1.38 bits per heavy atom. The molecule has 10 nitrogen and oxygen atoms in total. The quantitative estimate of drug-likeness (QED) is 0.0149. The third-order valence-electron chi connectivity index (χ3n) is 9.33. The first-order chi connectivity index (χ1) is 24.1. The Bertz CT molecular complexity index is 965. The summed E-state index contributed by atoms with van der Waals surface area (Å²) in [5, 5.41) is 31.2. The van der Waals surface area contributed by atoms with Gasteiger partial charge in [-0.2, -0.15) is 0 Å². The van der Waals surface area contributed by atoms with Crippen LogP contribution in [0.5, 0.6) is 0 Å². The predicted molar refractivity (Wildman–Crippen MR) is 199 cm³/mol. The Hall–Kier alpha value is -1.52. The lowest BCUT2D eigenvalue weighted by Gasteiger charge is -2.19. The van der Waals surface area contributed by atoms with E-state index in [9.17, 15) is 24.7 Å². The fraction of sp³-hybridized carbons (Fsp3) is 0.821. The van der Waals surface area contributed by atoms with Crippen molar-refractivity contribution < 1.29 is 48.5 Å². The van der Waals surface area contributed by atoms with Gasteiger partial charge in [0.15, 0.2) is 6.10 Å². The summed E-state index contributed by atoms with van der Waals surface area (Å²) < 4.78 is 26.7. The minimum Gasteiger partial charge on any atom is -0.498 e. The van der Waals surface area contributed by atoms with E-state index >= 15 is 0 Å². The van der Waals surface area contributed by atoms with Crippen LogP contribution < -0.4 is 0 Å². The van der Waals surface area contributed by atoms with Gasteiger partial charge in [-0.1, -0.05) is 128 Å². The highest BCUT2D eigenvalue weighted by molar-refractivity contribution is 7.46. The Morgan fingerprint density at radius 3 is 2.02 bits per heavy atom. The van der Waals surface area contributed by atoms with Crippen molar-refractivity contribution in [1.29, 1.82) is 0 Å². The van der Waals surface area contributed by atoms with Crippen LogP contribution in [0.15, 0.2) is 36.6 Å². The summed E-state index contributed by atoms with van der Waals surface area (Å²) in [6.45, 7) is 3.80. The maximum absolute atomic E-state index is 12.5. The normalized spacial score (nSPS) is 21.1. The number of carbonyl (C=O) groups is 1. The van der Waals surface area contributed by atoms with E-state index in [4.69, 9.17) is 19.3 Å². The summed E-state index contributed by atoms with van der Waals surface area (Å²) in [6, 6.07) is 0. The van der Waals surface area contributed by atoms with E-state index in [1.807, 2.05) is 24.3 Å². The fourth-order valence-electron chi connectivity index (χ4n) is 6.34. The number of allylic oxidation sites excluding steroid dienone is 3. The van der Waals surface area contributed by atoms with Crippen LogP contribution in [-0.4, -0.2) is 68.7 Å². The van der Waals surface area contributed by atoms with Gasteiger partial charge in [0.1, 0.15) is 6.61 Å². The van der Waals surface area contributed by atoms with Crippen molar-refractivity contribution in [3.8, 4) is 0 Å². The third kappa shape index (κ3) is 25.4. The van der Waals surface area contributed by atoms with Crippen molar-refractivity contribution in [2.45, 2.75) is 180 Å². The van der Waals surface area contributed by atoms with Crippen molar-refractivity contribution in [1.82, 2.24) is 0 Å². The van der Waals surface area contributed by atoms with Gasteiger partial charge < -0.3 is 34.6 Å². The van der Waals surface area contributed by atoms with E-state index in [0.29, 0.717) is 32.1 Å². The summed E-state index contributed by atoms with van der Waals surface area (Å²) in [5.74, 6) is -0.901. The second-order valence-corrected chi connectivity index (χ2v) is 15.2. The Balaban J connectivity index is 2.31. The molecule has 0 radical (unpaired) electrons. The van der Waals surface area contributed by atoms with E-state index in [2.05, 4.69) is 18.4 Å². The predicted octanol–water partition coefficient (Wildman–Crippen LogP) is 8.60. The van der Waals surface area contributed by atoms with Crippen molar-refractivity contribution in [3.05, 3.63) is 36.6 Å². The number of aliphatic hydroxyl groups excluding tert-OH is 3. The molecule has 0 amide bonds. The van der Waals surface area contributed by atoms with Gasteiger partial charge in [-0.25, -0.2) is 4.57 Å². The highest BCUT2D eigenvalue weighted by Gasteiger charge is 2.39. The van der Waals surface area contributed by atoms with Crippen LogP contribution in [0.25, 0.3) is 0 Å². The van der Waals surface area contributed by atoms with E-state index in [0.717, 1.165) is 32.1 Å². The van der Waals surface area contributed by atoms with Gasteiger partial charge in [0.2, 0.25) is 0 Å². The molecule has 0 unspecified atom stereocenters. The molecule has 0 bridgehead atoms. The first-order valence-corrected chi connectivity index (χ1v) is 21.1. The molecular weight excluding hydrogens is 659 g/mol. The lowest BCUT2D eigenvalue weighted by molar-refractivity contribution is -0.153. The topological polar surface area (TPSA) is 163 Å². The lowest BCUT2D eigenvalue weighted by Crippen LogP contribution is -2.27. The van der Waals surface area contributed by atoms with Crippen molar-refractivity contribution in [2.24, 2.45) is 11.8 Å². The number of phosphoric acid groups is 1. The summed E-state index contributed by atoms with van der Waals surface area (Å²) in [7, 11) is -4.73. The van der Waals surface area contributed by atoms with Gasteiger partial charge in [-0.3, -0.25) is 9.32 Å². The molecule has 0 saturated heterocycles. The molecule has 0 aromatic heterocycles. The molecule has 5 N–H and O–H groups in total. The number of aliphatic hydroxyl groups is 3. The second kappa shape index (κ2) is 30.0. The standard InChI is InChI=1S/C39H71O10P/c1-3-5-7-8-9-10-11-12-13-14-15-16-19-23-29-47-31-34(32-48-50(44,45)46)49-39(43)26-22-18-17-21-25-35-36(38(42)30-37(35)41)28-27-33(40)24-20-6-4-2/h17,21,23,27-29,33-38,40-42H,3-16,18-20,22,24-26,30-32H2,1-2H3,(H2,44,45,46)/b21-17+,28-27+,29-23+/t33-,34+,35+,36+,37-,38+/m0/s1.